The summed E-state index contributed by atoms with van der Waals surface area (Å²) < 4.78 is 0. The highest BCUT2D eigenvalue weighted by molar-refractivity contribution is 5.98. The van der Waals surface area contributed by atoms with E-state index >= 15 is 0 Å². The van der Waals surface area contributed by atoms with Crippen LogP contribution in [-0.4, -0.2) is 189 Å². The van der Waals surface area contributed by atoms with Crippen molar-refractivity contribution in [2.45, 2.75) is 178 Å². The lowest BCUT2D eigenvalue weighted by atomic mass is 10.0. The number of unbranched alkanes of at least 4 members (excludes halogenated alkanes) is 3. The first-order chi connectivity index (χ1) is 36.1. The third-order valence-electron chi connectivity index (χ3n) is 11.6. The minimum absolute atomic E-state index is 0.0309. The Bertz CT molecular complexity index is 2010. The number of aliphatic hydroxyl groups excluding tert-OH is 1. The van der Waals surface area contributed by atoms with Crippen molar-refractivity contribution >= 4 is 77.0 Å². The number of rotatable bonds is 41. The van der Waals surface area contributed by atoms with Gasteiger partial charge in [-0.1, -0.05) is 13.8 Å². The lowest BCUT2D eigenvalue weighted by molar-refractivity contribution is -0.142. The van der Waals surface area contributed by atoms with Gasteiger partial charge in [-0.2, -0.15) is 0 Å². The Morgan fingerprint density at radius 1 is 0.416 bits per heavy atom. The maximum atomic E-state index is 13.8. The van der Waals surface area contributed by atoms with Crippen LogP contribution in [0.2, 0.25) is 0 Å². The van der Waals surface area contributed by atoms with Crippen LogP contribution < -0.4 is 70.8 Å². The number of carboxylic acids is 4. The van der Waals surface area contributed by atoms with E-state index in [-0.39, 0.29) is 51.7 Å². The molecule has 0 aromatic heterocycles. The van der Waals surface area contributed by atoms with E-state index in [0.717, 1.165) is 0 Å². The van der Waals surface area contributed by atoms with Crippen LogP contribution in [0.4, 0.5) is 0 Å². The van der Waals surface area contributed by atoms with Gasteiger partial charge < -0.3 is 96.3 Å². The van der Waals surface area contributed by atoms with Gasteiger partial charge in [0.1, 0.15) is 54.4 Å². The molecule has 10 atom stereocenters. The molecule has 22 N–H and O–H groups in total. The third-order valence-corrected chi connectivity index (χ3v) is 11.6. The first-order valence-electron chi connectivity index (χ1n) is 25.2. The van der Waals surface area contributed by atoms with Gasteiger partial charge in [0, 0.05) is 12.8 Å². The number of carboxylic acid groups (broad SMARTS) is 4. The van der Waals surface area contributed by atoms with Crippen LogP contribution >= 0.6 is 0 Å². The number of hydrogen-bond acceptors (Lipinski definition) is 18. The highest BCUT2D eigenvalue weighted by atomic mass is 16.4. The Morgan fingerprint density at radius 2 is 0.779 bits per heavy atom. The minimum atomic E-state index is -1.90. The number of hydrogen-bond donors (Lipinski definition) is 18. The van der Waals surface area contributed by atoms with E-state index in [4.69, 9.17) is 22.9 Å². The molecule has 0 aromatic carbocycles. The number of carbonyl (C=O) groups excluding carboxylic acids is 9. The normalized spacial score (nSPS) is 14.9. The maximum Gasteiger partial charge on any atom is 0.325 e. The molecule has 0 saturated heterocycles. The van der Waals surface area contributed by atoms with Crippen LogP contribution in [0.5, 0.6) is 0 Å². The lowest BCUT2D eigenvalue weighted by Gasteiger charge is -2.28. The molecule has 0 unspecified atom stereocenters. The zero-order valence-electron chi connectivity index (χ0n) is 43.9. The highest BCUT2D eigenvalue weighted by Gasteiger charge is 2.35. The van der Waals surface area contributed by atoms with Crippen molar-refractivity contribution in [2.24, 2.45) is 28.9 Å². The first-order valence-corrected chi connectivity index (χ1v) is 25.2. The number of aliphatic hydroxyl groups is 1. The molecule has 0 aliphatic rings. The summed E-state index contributed by atoms with van der Waals surface area (Å²) in [6.07, 6.45) is -3.23. The predicted octanol–water partition coefficient (Wildman–Crippen LogP) is -5.96. The van der Waals surface area contributed by atoms with Crippen molar-refractivity contribution in [2.75, 3.05) is 26.2 Å². The Balaban J connectivity index is 6.52. The van der Waals surface area contributed by atoms with Gasteiger partial charge in [-0.15, -0.1) is 0 Å². The van der Waals surface area contributed by atoms with E-state index in [9.17, 15) is 87.9 Å². The highest BCUT2D eigenvalue weighted by Crippen LogP contribution is 2.11. The average Bonchev–Trinajstić information content (AvgIpc) is 3.35. The van der Waals surface area contributed by atoms with E-state index in [1.165, 1.54) is 13.8 Å². The predicted molar refractivity (Wildman–Crippen MR) is 271 cm³/mol. The molecule has 31 heteroatoms. The smallest absolute Gasteiger partial charge is 0.325 e. The number of nitrogens with two attached hydrogens (primary N) is 4. The third kappa shape index (κ3) is 29.1. The van der Waals surface area contributed by atoms with Gasteiger partial charge in [-0.05, 0) is 110 Å². The van der Waals surface area contributed by atoms with Crippen molar-refractivity contribution < 1.29 is 87.9 Å². The molecule has 0 aliphatic heterocycles. The standard InChI is InChI=1S/C46H81N13O18/c1-23(2)37(45(75)52-24(3)46(76)77)59-43(73)28(13-7-10-20-49)55-42(72)30(15-17-34(64)65)56-41(71)29(14-16-33(62)63)53-32(61)22-51-38(68)31(21-35(66)67)58-40(70)26(11-5-8-18-47)54-39(69)27(12-6-9-19-48)57-44(74)36(50)25(4)60/h23-31,36-37,60H,5-22,47-50H2,1-4H3,(H,51,68)(H,52,75)(H,53,61)(H,54,69)(H,55,72)(H,56,71)(H,57,74)(H,58,70)(H,59,73)(H,62,63)(H,64,65)(H,66,67)(H,76,77)/t24-,25+,26-,27-,28-,29-,30-,31-,36-,37-/m0/s1. The summed E-state index contributed by atoms with van der Waals surface area (Å²) in [5.41, 5.74) is 22.5. The first kappa shape index (κ1) is 69.9. The molecule has 0 aromatic rings. The summed E-state index contributed by atoms with van der Waals surface area (Å²) in [6.45, 7) is 5.16. The molecular weight excluding hydrogens is 1020 g/mol. The fraction of sp³-hybridized carbons (Fsp3) is 0.717. The Labute approximate surface area is 445 Å². The summed E-state index contributed by atoms with van der Waals surface area (Å²) in [7, 11) is 0. The van der Waals surface area contributed by atoms with Crippen LogP contribution in [0, 0.1) is 5.92 Å². The van der Waals surface area contributed by atoms with Crippen LogP contribution in [0.3, 0.4) is 0 Å². The quantitative estimate of drug-likeness (QED) is 0.0254. The molecule has 0 spiro atoms. The summed E-state index contributed by atoms with van der Waals surface area (Å²) >= 11 is 0. The van der Waals surface area contributed by atoms with Crippen LogP contribution in [-0.2, 0) is 62.3 Å². The molecule has 31 nitrogen and oxygen atoms in total. The fourth-order valence-electron chi connectivity index (χ4n) is 7.01. The van der Waals surface area contributed by atoms with Gasteiger partial charge in [-0.3, -0.25) is 62.3 Å². The van der Waals surface area contributed by atoms with Gasteiger partial charge in [0.05, 0.1) is 19.1 Å². The topological polar surface area (TPSA) is 535 Å². The largest absolute Gasteiger partial charge is 0.481 e. The molecule has 77 heavy (non-hydrogen) atoms. The van der Waals surface area contributed by atoms with Crippen molar-refractivity contribution in [1.82, 2.24) is 47.9 Å². The van der Waals surface area contributed by atoms with Gasteiger partial charge in [0.15, 0.2) is 0 Å². The van der Waals surface area contributed by atoms with E-state index in [1.807, 2.05) is 0 Å². The van der Waals surface area contributed by atoms with E-state index < -0.39 is 182 Å². The van der Waals surface area contributed by atoms with Crippen LogP contribution in [0.25, 0.3) is 0 Å². The second-order valence-corrected chi connectivity index (χ2v) is 18.5. The fourth-order valence-corrected chi connectivity index (χ4v) is 7.01. The van der Waals surface area contributed by atoms with Crippen molar-refractivity contribution in [3.05, 3.63) is 0 Å². The van der Waals surface area contributed by atoms with E-state index in [2.05, 4.69) is 47.9 Å². The molecular formula is C46H81N13O18. The number of amides is 9. The molecule has 0 heterocycles. The molecule has 9 amide bonds. The van der Waals surface area contributed by atoms with Gasteiger partial charge in [-0.25, -0.2) is 0 Å². The lowest BCUT2D eigenvalue weighted by Crippen LogP contribution is -2.60. The van der Waals surface area contributed by atoms with Crippen LogP contribution in [0.15, 0.2) is 0 Å². The van der Waals surface area contributed by atoms with Gasteiger partial charge >= 0.3 is 23.9 Å². The molecule has 0 radical (unpaired) electrons. The molecule has 0 saturated carbocycles. The summed E-state index contributed by atoms with van der Waals surface area (Å²) in [6, 6.07) is -13.6. The summed E-state index contributed by atoms with van der Waals surface area (Å²) in [5.74, 6) is -15.8. The van der Waals surface area contributed by atoms with Crippen molar-refractivity contribution in [3.63, 3.8) is 0 Å². The van der Waals surface area contributed by atoms with Crippen molar-refractivity contribution in [1.29, 1.82) is 0 Å². The second kappa shape index (κ2) is 37.6. The zero-order chi connectivity index (χ0) is 58.9. The molecule has 0 aliphatic carbocycles. The maximum absolute atomic E-state index is 13.8. The zero-order valence-corrected chi connectivity index (χ0v) is 43.9. The number of nitrogens with one attached hydrogen (secondary N) is 9. The van der Waals surface area contributed by atoms with Crippen LogP contribution in [0.1, 0.15) is 118 Å². The van der Waals surface area contributed by atoms with Crippen molar-refractivity contribution in [3.8, 4) is 0 Å². The number of carbonyl (C=O) groups is 13. The summed E-state index contributed by atoms with van der Waals surface area (Å²) in [4.78, 5) is 167. The monoisotopic (exact) mass is 1100 g/mol. The Hall–Kier alpha value is -7.09. The summed E-state index contributed by atoms with van der Waals surface area (Å²) in [5, 5.41) is 68.5. The van der Waals surface area contributed by atoms with E-state index in [1.54, 1.807) is 13.8 Å². The minimum Gasteiger partial charge on any atom is -0.481 e. The van der Waals surface area contributed by atoms with Gasteiger partial charge in [0.25, 0.3) is 0 Å². The molecule has 0 fully saturated rings. The van der Waals surface area contributed by atoms with E-state index in [0.29, 0.717) is 25.7 Å². The average molecular weight is 1100 g/mol. The number of aliphatic carboxylic acids is 4. The van der Waals surface area contributed by atoms with Gasteiger partial charge in [0.2, 0.25) is 53.2 Å². The Morgan fingerprint density at radius 3 is 1.13 bits per heavy atom. The molecule has 438 valence electrons. The second-order valence-electron chi connectivity index (χ2n) is 18.5. The molecule has 0 bridgehead atoms. The molecule has 0 rings (SSSR count). The SMILES string of the molecule is CC(C)[C@H](NC(=O)[C@H](CCCCN)NC(=O)[C@H](CCC(=O)O)NC(=O)[C@H](CCC(=O)O)NC(=O)CNC(=O)[C@H](CC(=O)O)NC(=O)[C@H](CCCCN)NC(=O)[C@H](CCCCN)NC(=O)[C@@H](N)[C@@H](C)O)C(=O)N[C@@H](C)C(=O)O. The Kier molecular flexibility index (Phi) is 34.2.